The van der Waals surface area contributed by atoms with Crippen LogP contribution in [0.3, 0.4) is 0 Å². The van der Waals surface area contributed by atoms with Gasteiger partial charge in [0.2, 0.25) is 5.71 Å². The van der Waals surface area contributed by atoms with Crippen molar-refractivity contribution >= 4 is 17.0 Å². The molecule has 1 aromatic rings. The normalized spacial score (nSPS) is 13.4. The molecule has 1 aromatic heterocycles. The molecular weight excluding hydrogens is 191 g/mol. The molecule has 0 saturated carbocycles. The van der Waals surface area contributed by atoms with E-state index in [4.69, 9.17) is 5.21 Å². The first-order valence-corrected chi connectivity index (χ1v) is 3.77. The molecule has 0 bridgehead atoms. The minimum absolute atomic E-state index is 0.0926. The molecule has 1 rings (SSSR count). The van der Waals surface area contributed by atoms with Crippen molar-refractivity contribution in [3.63, 3.8) is 0 Å². The highest BCUT2D eigenvalue weighted by Gasteiger charge is 2.38. The summed E-state index contributed by atoms with van der Waals surface area (Å²) in [5, 5.41) is 11.8. The number of nitrogens with zero attached hydrogens (tertiary/aromatic N) is 1. The minimum Gasteiger partial charge on any atom is -0.410 e. The van der Waals surface area contributed by atoms with Gasteiger partial charge in [0.05, 0.1) is 4.88 Å². The van der Waals surface area contributed by atoms with Gasteiger partial charge in [-0.25, -0.2) is 0 Å². The summed E-state index contributed by atoms with van der Waals surface area (Å²) in [7, 11) is 0. The highest BCUT2D eigenvalue weighted by atomic mass is 32.1. The number of thiophene rings is 1. The maximum Gasteiger partial charge on any atom is 0.438 e. The van der Waals surface area contributed by atoms with Crippen molar-refractivity contribution in [1.29, 1.82) is 0 Å². The number of hydrogen-bond donors (Lipinski definition) is 1. The topological polar surface area (TPSA) is 32.6 Å². The molecular formula is C6H4F3NOS. The van der Waals surface area contributed by atoms with Gasteiger partial charge in [-0.3, -0.25) is 0 Å². The zero-order chi connectivity index (χ0) is 9.19. The molecule has 0 unspecified atom stereocenters. The van der Waals surface area contributed by atoms with Crippen LogP contribution < -0.4 is 0 Å². The van der Waals surface area contributed by atoms with Crippen molar-refractivity contribution in [1.82, 2.24) is 0 Å². The van der Waals surface area contributed by atoms with Gasteiger partial charge in [-0.2, -0.15) is 13.2 Å². The van der Waals surface area contributed by atoms with Crippen molar-refractivity contribution in [2.24, 2.45) is 5.16 Å². The second-order valence-electron chi connectivity index (χ2n) is 1.92. The molecule has 6 heteroatoms. The van der Waals surface area contributed by atoms with Crippen molar-refractivity contribution in [3.05, 3.63) is 22.4 Å². The maximum absolute atomic E-state index is 12.0. The van der Waals surface area contributed by atoms with Crippen LogP contribution >= 0.6 is 11.3 Å². The fourth-order valence-corrected chi connectivity index (χ4v) is 1.39. The van der Waals surface area contributed by atoms with E-state index in [0.717, 1.165) is 11.3 Å². The second kappa shape index (κ2) is 3.14. The van der Waals surface area contributed by atoms with Gasteiger partial charge in [0.15, 0.2) is 0 Å². The number of halogens is 3. The van der Waals surface area contributed by atoms with Crippen LogP contribution in [-0.4, -0.2) is 17.1 Å². The summed E-state index contributed by atoms with van der Waals surface area (Å²) in [5.41, 5.74) is -1.25. The van der Waals surface area contributed by atoms with E-state index in [1.54, 1.807) is 0 Å². The Hall–Kier alpha value is -1.04. The summed E-state index contributed by atoms with van der Waals surface area (Å²) in [4.78, 5) is -0.0926. The first-order valence-electron chi connectivity index (χ1n) is 2.89. The summed E-state index contributed by atoms with van der Waals surface area (Å²) in [6.07, 6.45) is -4.60. The van der Waals surface area contributed by atoms with Gasteiger partial charge in [0.1, 0.15) is 0 Å². The Morgan fingerprint density at radius 1 is 1.50 bits per heavy atom. The first-order chi connectivity index (χ1) is 5.55. The van der Waals surface area contributed by atoms with Crippen LogP contribution in [-0.2, 0) is 0 Å². The fraction of sp³-hybridized carbons (Fsp3) is 0.167. The van der Waals surface area contributed by atoms with Crippen molar-refractivity contribution in [2.75, 3.05) is 0 Å². The molecule has 0 saturated heterocycles. The van der Waals surface area contributed by atoms with Gasteiger partial charge >= 0.3 is 6.18 Å². The zero-order valence-corrected chi connectivity index (χ0v) is 6.49. The molecule has 1 heterocycles. The number of rotatable bonds is 1. The fourth-order valence-electron chi connectivity index (χ4n) is 0.659. The molecule has 0 amide bonds. The lowest BCUT2D eigenvalue weighted by Gasteiger charge is -2.04. The van der Waals surface area contributed by atoms with E-state index >= 15 is 0 Å². The largest absolute Gasteiger partial charge is 0.438 e. The van der Waals surface area contributed by atoms with Gasteiger partial charge in [0, 0.05) is 0 Å². The minimum atomic E-state index is -4.60. The van der Waals surface area contributed by atoms with Crippen LogP contribution in [0.1, 0.15) is 4.88 Å². The maximum atomic E-state index is 12.0. The molecule has 0 atom stereocenters. The lowest BCUT2D eigenvalue weighted by Crippen LogP contribution is -2.22. The number of oxime groups is 1. The number of alkyl halides is 3. The van der Waals surface area contributed by atoms with E-state index < -0.39 is 11.9 Å². The lowest BCUT2D eigenvalue weighted by molar-refractivity contribution is -0.0599. The molecule has 0 radical (unpaired) electrons. The summed E-state index contributed by atoms with van der Waals surface area (Å²) >= 11 is 0.872. The Kier molecular flexibility index (Phi) is 2.37. The van der Waals surface area contributed by atoms with Crippen LogP contribution in [0, 0.1) is 0 Å². The van der Waals surface area contributed by atoms with Gasteiger partial charge in [-0.15, -0.1) is 11.3 Å². The van der Waals surface area contributed by atoms with E-state index in [-0.39, 0.29) is 4.88 Å². The SMILES string of the molecule is ON=C(c1cccs1)C(F)(F)F. The highest BCUT2D eigenvalue weighted by Crippen LogP contribution is 2.24. The molecule has 0 fully saturated rings. The summed E-state index contributed by atoms with van der Waals surface area (Å²) in [6.45, 7) is 0. The van der Waals surface area contributed by atoms with E-state index in [1.165, 1.54) is 17.5 Å². The first kappa shape index (κ1) is 9.05. The van der Waals surface area contributed by atoms with E-state index in [2.05, 4.69) is 5.16 Å². The average molecular weight is 195 g/mol. The van der Waals surface area contributed by atoms with Crippen molar-refractivity contribution in [3.8, 4) is 0 Å². The Bertz CT molecular complexity index is 277. The molecule has 12 heavy (non-hydrogen) atoms. The molecule has 0 aliphatic heterocycles. The Morgan fingerprint density at radius 2 is 2.17 bits per heavy atom. The summed E-state index contributed by atoms with van der Waals surface area (Å²) in [6, 6.07) is 2.70. The standard InChI is InChI=1S/C6H4F3NOS/c7-6(8,9)5(10-11)4-2-1-3-12-4/h1-3,11H. The van der Waals surface area contributed by atoms with Crippen LogP contribution in [0.4, 0.5) is 13.2 Å². The smallest absolute Gasteiger partial charge is 0.410 e. The monoisotopic (exact) mass is 195 g/mol. The van der Waals surface area contributed by atoms with Crippen LogP contribution in [0.2, 0.25) is 0 Å². The third-order valence-electron chi connectivity index (χ3n) is 1.12. The second-order valence-corrected chi connectivity index (χ2v) is 2.87. The van der Waals surface area contributed by atoms with Gasteiger partial charge in [0.25, 0.3) is 0 Å². The van der Waals surface area contributed by atoms with Gasteiger partial charge < -0.3 is 5.21 Å². The van der Waals surface area contributed by atoms with Crippen LogP contribution in [0.5, 0.6) is 0 Å². The highest BCUT2D eigenvalue weighted by molar-refractivity contribution is 7.12. The Labute approximate surface area is 69.9 Å². The molecule has 66 valence electrons. The van der Waals surface area contributed by atoms with Crippen LogP contribution in [0.25, 0.3) is 0 Å². The zero-order valence-electron chi connectivity index (χ0n) is 5.67. The molecule has 0 aromatic carbocycles. The quantitative estimate of drug-likeness (QED) is 0.416. The van der Waals surface area contributed by atoms with Gasteiger partial charge in [-0.05, 0) is 11.4 Å². The van der Waals surface area contributed by atoms with Crippen molar-refractivity contribution in [2.45, 2.75) is 6.18 Å². The third kappa shape index (κ3) is 1.76. The summed E-state index contributed by atoms with van der Waals surface area (Å²) < 4.78 is 36.0. The molecule has 2 nitrogen and oxygen atoms in total. The number of hydrogen-bond acceptors (Lipinski definition) is 3. The third-order valence-corrected chi connectivity index (χ3v) is 2.00. The molecule has 0 aliphatic rings. The Balaban J connectivity index is 3.01. The average Bonchev–Trinajstić information content (AvgIpc) is 2.38. The molecule has 1 N–H and O–H groups in total. The van der Waals surface area contributed by atoms with E-state index in [0.29, 0.717) is 0 Å². The summed E-state index contributed by atoms with van der Waals surface area (Å²) in [5.74, 6) is 0. The Morgan fingerprint density at radius 3 is 2.50 bits per heavy atom. The predicted octanol–water partition coefficient (Wildman–Crippen LogP) is 2.49. The molecule has 0 spiro atoms. The van der Waals surface area contributed by atoms with E-state index in [1.807, 2.05) is 0 Å². The van der Waals surface area contributed by atoms with E-state index in [9.17, 15) is 13.2 Å². The van der Waals surface area contributed by atoms with Crippen molar-refractivity contribution < 1.29 is 18.4 Å². The van der Waals surface area contributed by atoms with Crippen LogP contribution in [0.15, 0.2) is 22.7 Å². The van der Waals surface area contributed by atoms with Gasteiger partial charge in [-0.1, -0.05) is 11.2 Å². The lowest BCUT2D eigenvalue weighted by atomic mass is 10.3. The predicted molar refractivity (Wildman–Crippen MR) is 38.7 cm³/mol. The molecule has 0 aliphatic carbocycles.